The van der Waals surface area contributed by atoms with Crippen LogP contribution < -0.4 is 4.74 Å². The second-order valence-electron chi connectivity index (χ2n) is 5.92. The monoisotopic (exact) mass is 383 g/mol. The Kier molecular flexibility index (Phi) is 4.66. The van der Waals surface area contributed by atoms with Gasteiger partial charge in [-0.2, -0.15) is 13.9 Å². The molecule has 0 fully saturated rings. The van der Waals surface area contributed by atoms with Crippen LogP contribution in [-0.4, -0.2) is 38.3 Å². The van der Waals surface area contributed by atoms with E-state index in [0.717, 1.165) is 5.69 Å². The van der Waals surface area contributed by atoms with E-state index in [0.29, 0.717) is 17.1 Å². The summed E-state index contributed by atoms with van der Waals surface area (Å²) >= 11 is 0. The smallest absolute Gasteiger partial charge is 0.312 e. The third kappa shape index (κ3) is 3.39. The molecule has 0 amide bonds. The number of methoxy groups -OCH3 is 1. The second-order valence-corrected chi connectivity index (χ2v) is 5.92. The van der Waals surface area contributed by atoms with Crippen molar-refractivity contribution in [2.45, 2.75) is 5.92 Å². The minimum Gasteiger partial charge on any atom is -0.437 e. The minimum absolute atomic E-state index is 0.280. The average Bonchev–Trinajstić information content (AvgIpc) is 3.18. The van der Waals surface area contributed by atoms with Gasteiger partial charge in [-0.25, -0.2) is 14.5 Å². The van der Waals surface area contributed by atoms with Crippen LogP contribution in [0.2, 0.25) is 0 Å². The van der Waals surface area contributed by atoms with Crippen LogP contribution in [0.1, 0.15) is 5.69 Å². The average molecular weight is 383 g/mol. The van der Waals surface area contributed by atoms with Crippen molar-refractivity contribution in [3.05, 3.63) is 66.9 Å². The zero-order valence-electron chi connectivity index (χ0n) is 14.8. The van der Waals surface area contributed by atoms with E-state index in [9.17, 15) is 8.78 Å². The summed E-state index contributed by atoms with van der Waals surface area (Å²) in [7, 11) is 1.21. The van der Waals surface area contributed by atoms with Crippen molar-refractivity contribution in [3.63, 3.8) is 0 Å². The molecule has 0 bridgehead atoms. The molecule has 142 valence electrons. The summed E-state index contributed by atoms with van der Waals surface area (Å²) in [6.07, 6.45) is 4.26. The Balaban J connectivity index is 1.66. The van der Waals surface area contributed by atoms with Crippen LogP contribution in [0.3, 0.4) is 0 Å². The molecule has 28 heavy (non-hydrogen) atoms. The SMILES string of the molecule is COCC(F)(F)c1ccc(Oc2ncccc2-c2cccc3ncnn23)cn1. The van der Waals surface area contributed by atoms with Gasteiger partial charge in [0.2, 0.25) is 5.88 Å². The van der Waals surface area contributed by atoms with E-state index in [1.807, 2.05) is 24.3 Å². The highest BCUT2D eigenvalue weighted by Gasteiger charge is 2.33. The van der Waals surface area contributed by atoms with Crippen LogP contribution in [0.5, 0.6) is 11.6 Å². The van der Waals surface area contributed by atoms with E-state index in [4.69, 9.17) is 4.74 Å². The summed E-state index contributed by atoms with van der Waals surface area (Å²) in [5.74, 6) is -2.60. The summed E-state index contributed by atoms with van der Waals surface area (Å²) < 4.78 is 39.7. The first-order valence-corrected chi connectivity index (χ1v) is 8.34. The van der Waals surface area contributed by atoms with Crippen LogP contribution >= 0.6 is 0 Å². The first-order valence-electron chi connectivity index (χ1n) is 8.34. The predicted molar refractivity (Wildman–Crippen MR) is 96.3 cm³/mol. The van der Waals surface area contributed by atoms with Crippen molar-refractivity contribution in [1.29, 1.82) is 0 Å². The van der Waals surface area contributed by atoms with Gasteiger partial charge in [0.15, 0.2) is 5.65 Å². The van der Waals surface area contributed by atoms with Crippen LogP contribution in [0.25, 0.3) is 16.9 Å². The van der Waals surface area contributed by atoms with Gasteiger partial charge in [-0.3, -0.25) is 4.98 Å². The molecule has 4 heterocycles. The molecule has 0 aromatic carbocycles. The molecular formula is C19H15F2N5O2. The van der Waals surface area contributed by atoms with Crippen molar-refractivity contribution < 1.29 is 18.3 Å². The van der Waals surface area contributed by atoms with Gasteiger partial charge in [-0.15, -0.1) is 0 Å². The van der Waals surface area contributed by atoms with Gasteiger partial charge in [-0.05, 0) is 36.4 Å². The van der Waals surface area contributed by atoms with Gasteiger partial charge in [0.25, 0.3) is 0 Å². The molecule has 9 heteroatoms. The van der Waals surface area contributed by atoms with Crippen LogP contribution in [0.4, 0.5) is 8.78 Å². The quantitative estimate of drug-likeness (QED) is 0.505. The number of hydrogen-bond acceptors (Lipinski definition) is 6. The fourth-order valence-corrected chi connectivity index (χ4v) is 2.74. The van der Waals surface area contributed by atoms with Gasteiger partial charge in [0.1, 0.15) is 24.4 Å². The van der Waals surface area contributed by atoms with Gasteiger partial charge < -0.3 is 9.47 Å². The molecular weight excluding hydrogens is 368 g/mol. The van der Waals surface area contributed by atoms with E-state index >= 15 is 0 Å². The molecule has 0 atom stereocenters. The van der Waals surface area contributed by atoms with Crippen LogP contribution in [0.15, 0.2) is 61.2 Å². The Bertz CT molecular complexity index is 1100. The predicted octanol–water partition coefficient (Wildman–Crippen LogP) is 3.72. The minimum atomic E-state index is -3.17. The third-order valence-electron chi connectivity index (χ3n) is 4.00. The number of halogens is 2. The van der Waals surface area contributed by atoms with Gasteiger partial charge in [-0.1, -0.05) is 6.07 Å². The van der Waals surface area contributed by atoms with Crippen molar-refractivity contribution in [2.24, 2.45) is 0 Å². The zero-order valence-corrected chi connectivity index (χ0v) is 14.8. The Hall–Kier alpha value is -3.46. The molecule has 4 aromatic rings. The number of fused-ring (bicyclic) bond motifs is 1. The molecule has 0 unspecified atom stereocenters. The highest BCUT2D eigenvalue weighted by Crippen LogP contribution is 2.32. The molecule has 0 saturated heterocycles. The maximum Gasteiger partial charge on any atom is 0.312 e. The van der Waals surface area contributed by atoms with Crippen molar-refractivity contribution in [2.75, 3.05) is 13.7 Å². The van der Waals surface area contributed by atoms with E-state index in [2.05, 4.69) is 24.8 Å². The van der Waals surface area contributed by atoms with Gasteiger partial charge in [0, 0.05) is 13.3 Å². The third-order valence-corrected chi connectivity index (χ3v) is 4.00. The molecule has 0 aliphatic heterocycles. The topological polar surface area (TPSA) is 74.4 Å². The lowest BCUT2D eigenvalue weighted by Gasteiger charge is -2.15. The maximum absolute atomic E-state index is 13.9. The highest BCUT2D eigenvalue weighted by molar-refractivity contribution is 5.67. The molecule has 0 aliphatic rings. The Labute approximate surface area is 158 Å². The number of pyridine rings is 3. The first-order chi connectivity index (χ1) is 13.6. The van der Waals surface area contributed by atoms with Gasteiger partial charge >= 0.3 is 5.92 Å². The highest BCUT2D eigenvalue weighted by atomic mass is 19.3. The molecule has 0 N–H and O–H groups in total. The molecule has 4 aromatic heterocycles. The largest absolute Gasteiger partial charge is 0.437 e. The lowest BCUT2D eigenvalue weighted by molar-refractivity contribution is -0.0731. The van der Waals surface area contributed by atoms with E-state index in [1.54, 1.807) is 16.8 Å². The maximum atomic E-state index is 13.9. The summed E-state index contributed by atoms with van der Waals surface area (Å²) in [5.41, 5.74) is 1.69. The molecule has 0 radical (unpaired) electrons. The number of aromatic nitrogens is 5. The van der Waals surface area contributed by atoms with E-state index in [-0.39, 0.29) is 5.75 Å². The number of nitrogens with zero attached hydrogens (tertiary/aromatic N) is 5. The summed E-state index contributed by atoms with van der Waals surface area (Å²) in [6.45, 7) is -0.744. The van der Waals surface area contributed by atoms with Crippen molar-refractivity contribution >= 4 is 5.65 Å². The number of rotatable bonds is 6. The van der Waals surface area contributed by atoms with Crippen LogP contribution in [-0.2, 0) is 10.7 Å². The Morgan fingerprint density at radius 2 is 1.93 bits per heavy atom. The number of ether oxygens (including phenoxy) is 2. The summed E-state index contributed by atoms with van der Waals surface area (Å²) in [4.78, 5) is 12.2. The van der Waals surface area contributed by atoms with Crippen molar-refractivity contribution in [1.82, 2.24) is 24.6 Å². The second kappa shape index (κ2) is 7.28. The fourth-order valence-electron chi connectivity index (χ4n) is 2.74. The molecule has 0 spiro atoms. The van der Waals surface area contributed by atoms with Gasteiger partial charge in [0.05, 0.1) is 17.5 Å². The summed E-state index contributed by atoms with van der Waals surface area (Å²) in [5, 5.41) is 4.21. The van der Waals surface area contributed by atoms with E-state index in [1.165, 1.54) is 31.8 Å². The molecule has 7 nitrogen and oxygen atoms in total. The lowest BCUT2D eigenvalue weighted by Crippen LogP contribution is -2.21. The fraction of sp³-hybridized carbons (Fsp3) is 0.158. The Morgan fingerprint density at radius 1 is 1.04 bits per heavy atom. The standard InChI is InChI=1S/C19H15F2N5O2/c1-27-11-19(20,21)16-8-7-13(10-23-16)28-18-14(4-3-9-22-18)15-5-2-6-17-24-12-25-26(15)17/h2-10,12H,11H2,1H3. The summed E-state index contributed by atoms with van der Waals surface area (Å²) in [6, 6.07) is 11.8. The molecule has 0 aliphatic carbocycles. The van der Waals surface area contributed by atoms with E-state index < -0.39 is 18.2 Å². The number of alkyl halides is 2. The molecule has 4 rings (SSSR count). The van der Waals surface area contributed by atoms with Crippen molar-refractivity contribution in [3.8, 4) is 22.9 Å². The number of hydrogen-bond donors (Lipinski definition) is 0. The first kappa shape index (κ1) is 17.9. The molecule has 0 saturated carbocycles. The normalized spacial score (nSPS) is 11.7. The lowest BCUT2D eigenvalue weighted by atomic mass is 10.2. The zero-order chi connectivity index (χ0) is 19.6. The van der Waals surface area contributed by atoms with Crippen LogP contribution in [0, 0.1) is 0 Å². The Morgan fingerprint density at radius 3 is 2.71 bits per heavy atom.